The van der Waals surface area contributed by atoms with Crippen molar-refractivity contribution in [3.8, 4) is 0 Å². The second kappa shape index (κ2) is 7.92. The minimum atomic E-state index is -0.419. The Bertz CT molecular complexity index is 858. The number of carbonyl (C=O) groups excluding carboxylic acids is 1. The molecule has 1 aliphatic carbocycles. The highest BCUT2D eigenvalue weighted by Crippen LogP contribution is 2.21. The van der Waals surface area contributed by atoms with Crippen LogP contribution in [0.4, 0.5) is 10.6 Å². The minimum absolute atomic E-state index is 0.00105. The molecule has 26 heavy (non-hydrogen) atoms. The van der Waals surface area contributed by atoms with Gasteiger partial charge in [-0.15, -0.1) is 0 Å². The van der Waals surface area contributed by atoms with Gasteiger partial charge in [0.25, 0.3) is 0 Å². The number of nitrogens with two attached hydrogens (primary N) is 1. The van der Waals surface area contributed by atoms with E-state index in [2.05, 4.69) is 20.6 Å². The number of amides is 2. The van der Waals surface area contributed by atoms with E-state index in [4.69, 9.17) is 16.2 Å². The number of anilines is 1. The Labute approximate surface area is 151 Å². The summed E-state index contributed by atoms with van der Waals surface area (Å²) in [6.45, 7) is -0.419. The molecule has 2 aromatic rings. The van der Waals surface area contributed by atoms with E-state index in [1.54, 1.807) is 24.4 Å². The zero-order chi connectivity index (χ0) is 18.5. The summed E-state index contributed by atoms with van der Waals surface area (Å²) in [5.74, 6) is 0.419. The summed E-state index contributed by atoms with van der Waals surface area (Å²) in [5.41, 5.74) is 7.76. The molecule has 2 amide bonds. The lowest BCUT2D eigenvalue weighted by Gasteiger charge is -2.13. The monoisotopic (exact) mass is 354 g/mol. The van der Waals surface area contributed by atoms with Crippen LogP contribution in [0.3, 0.4) is 0 Å². The summed E-state index contributed by atoms with van der Waals surface area (Å²) < 4.78 is 0. The summed E-state index contributed by atoms with van der Waals surface area (Å²) in [6, 6.07) is 5.15. The van der Waals surface area contributed by atoms with Crippen molar-refractivity contribution >= 4 is 34.2 Å². The first-order valence-corrected chi connectivity index (χ1v) is 8.56. The van der Waals surface area contributed by atoms with Gasteiger partial charge in [0, 0.05) is 29.6 Å². The lowest BCUT2D eigenvalue weighted by molar-refractivity contribution is 0.248. The SMILES string of the molecule is N=C(CO)/C(=C\N)c1cnc2ccc(NC(=O)NC3CCCC3)nc2c1. The molecule has 0 bridgehead atoms. The van der Waals surface area contributed by atoms with Crippen LogP contribution < -0.4 is 16.4 Å². The predicted octanol–water partition coefficient (Wildman–Crippen LogP) is 2.01. The fraction of sp³-hybridized carbons (Fsp3) is 0.333. The van der Waals surface area contributed by atoms with Crippen LogP contribution in [-0.2, 0) is 0 Å². The van der Waals surface area contributed by atoms with Gasteiger partial charge in [0.05, 0.1) is 23.4 Å². The highest BCUT2D eigenvalue weighted by atomic mass is 16.3. The third kappa shape index (κ3) is 3.97. The maximum atomic E-state index is 12.1. The summed E-state index contributed by atoms with van der Waals surface area (Å²) in [4.78, 5) is 20.8. The fourth-order valence-corrected chi connectivity index (χ4v) is 3.09. The van der Waals surface area contributed by atoms with Crippen molar-refractivity contribution < 1.29 is 9.90 Å². The highest BCUT2D eigenvalue weighted by Gasteiger charge is 2.17. The number of hydrogen-bond donors (Lipinski definition) is 5. The molecular weight excluding hydrogens is 332 g/mol. The van der Waals surface area contributed by atoms with Crippen LogP contribution in [0.5, 0.6) is 0 Å². The second-order valence-corrected chi connectivity index (χ2v) is 6.26. The Morgan fingerprint density at radius 3 is 2.81 bits per heavy atom. The van der Waals surface area contributed by atoms with Crippen molar-refractivity contribution in [2.45, 2.75) is 31.7 Å². The Kier molecular flexibility index (Phi) is 5.43. The molecule has 0 saturated heterocycles. The molecule has 0 unspecified atom stereocenters. The van der Waals surface area contributed by atoms with Crippen molar-refractivity contribution in [1.82, 2.24) is 15.3 Å². The number of fused-ring (bicyclic) bond motifs is 1. The Morgan fingerprint density at radius 1 is 1.35 bits per heavy atom. The van der Waals surface area contributed by atoms with Crippen molar-refractivity contribution in [2.75, 3.05) is 11.9 Å². The van der Waals surface area contributed by atoms with E-state index >= 15 is 0 Å². The van der Waals surface area contributed by atoms with E-state index in [1.165, 1.54) is 6.20 Å². The molecule has 8 heteroatoms. The quantitative estimate of drug-likeness (QED) is 0.523. The molecule has 136 valence electrons. The molecule has 0 aliphatic heterocycles. The summed E-state index contributed by atoms with van der Waals surface area (Å²) >= 11 is 0. The first-order chi connectivity index (χ1) is 12.6. The van der Waals surface area contributed by atoms with Gasteiger partial charge in [-0.3, -0.25) is 10.3 Å². The van der Waals surface area contributed by atoms with E-state index in [9.17, 15) is 4.79 Å². The number of aliphatic hydroxyl groups is 1. The summed E-state index contributed by atoms with van der Waals surface area (Å²) in [6.07, 6.45) is 7.15. The van der Waals surface area contributed by atoms with Crippen LogP contribution in [-0.4, -0.2) is 39.5 Å². The predicted molar refractivity (Wildman–Crippen MR) is 101 cm³/mol. The zero-order valence-corrected chi connectivity index (χ0v) is 14.3. The molecule has 0 atom stereocenters. The minimum Gasteiger partial charge on any atom is -0.404 e. The molecule has 2 heterocycles. The van der Waals surface area contributed by atoms with Gasteiger partial charge in [-0.2, -0.15) is 0 Å². The molecule has 0 radical (unpaired) electrons. The molecule has 2 aromatic heterocycles. The largest absolute Gasteiger partial charge is 0.404 e. The van der Waals surface area contributed by atoms with E-state index in [0.717, 1.165) is 25.7 Å². The number of pyridine rings is 2. The normalized spacial score (nSPS) is 15.2. The first-order valence-electron chi connectivity index (χ1n) is 8.56. The number of aromatic nitrogens is 2. The third-order valence-electron chi connectivity index (χ3n) is 4.43. The maximum absolute atomic E-state index is 12.1. The average Bonchev–Trinajstić information content (AvgIpc) is 3.14. The highest BCUT2D eigenvalue weighted by molar-refractivity contribution is 6.23. The molecule has 1 aliphatic rings. The molecule has 8 nitrogen and oxygen atoms in total. The Balaban J connectivity index is 1.80. The van der Waals surface area contributed by atoms with Gasteiger partial charge in [0.15, 0.2) is 0 Å². The number of nitrogens with one attached hydrogen (secondary N) is 3. The van der Waals surface area contributed by atoms with E-state index in [-0.39, 0.29) is 17.8 Å². The summed E-state index contributed by atoms with van der Waals surface area (Å²) in [7, 11) is 0. The van der Waals surface area contributed by atoms with Gasteiger partial charge >= 0.3 is 6.03 Å². The van der Waals surface area contributed by atoms with Crippen molar-refractivity contribution in [3.63, 3.8) is 0 Å². The number of hydrogen-bond acceptors (Lipinski definition) is 6. The molecule has 0 spiro atoms. The van der Waals surface area contributed by atoms with Crippen LogP contribution >= 0.6 is 0 Å². The maximum Gasteiger partial charge on any atom is 0.320 e. The first kappa shape index (κ1) is 17.8. The molecule has 1 saturated carbocycles. The molecule has 6 N–H and O–H groups in total. The number of rotatable bonds is 5. The third-order valence-corrected chi connectivity index (χ3v) is 4.43. The van der Waals surface area contributed by atoms with E-state index in [1.807, 2.05) is 0 Å². The van der Waals surface area contributed by atoms with Gasteiger partial charge in [0.2, 0.25) is 0 Å². The smallest absolute Gasteiger partial charge is 0.320 e. The lowest BCUT2D eigenvalue weighted by Crippen LogP contribution is -2.36. The van der Waals surface area contributed by atoms with Crippen molar-refractivity contribution in [3.05, 3.63) is 36.2 Å². The zero-order valence-electron chi connectivity index (χ0n) is 14.3. The van der Waals surface area contributed by atoms with Crippen LogP contribution in [0, 0.1) is 5.41 Å². The molecule has 1 fully saturated rings. The molecular formula is C18H22N6O2. The molecule has 0 aromatic carbocycles. The Hall–Kier alpha value is -3.00. The van der Waals surface area contributed by atoms with Crippen molar-refractivity contribution in [1.29, 1.82) is 5.41 Å². The number of aliphatic hydroxyl groups excluding tert-OH is 1. The van der Waals surface area contributed by atoms with E-state index < -0.39 is 6.61 Å². The van der Waals surface area contributed by atoms with Gasteiger partial charge in [-0.25, -0.2) is 9.78 Å². The standard InChI is InChI=1S/C18H22N6O2/c19-8-13(14(20)10-25)11-7-16-15(21-9-11)5-6-17(23-16)24-18(26)22-12-3-1-2-4-12/h5-9,12,20,25H,1-4,10,19H2,(H2,22,23,24,26)/b13-8-,20-14?. The van der Waals surface area contributed by atoms with Gasteiger partial charge in [-0.1, -0.05) is 12.8 Å². The van der Waals surface area contributed by atoms with Crippen LogP contribution in [0.2, 0.25) is 0 Å². The fourth-order valence-electron chi connectivity index (χ4n) is 3.09. The lowest BCUT2D eigenvalue weighted by atomic mass is 10.0. The van der Waals surface area contributed by atoms with Gasteiger partial charge in [-0.05, 0) is 31.0 Å². The van der Waals surface area contributed by atoms with E-state index in [0.29, 0.717) is 28.0 Å². The van der Waals surface area contributed by atoms with Crippen LogP contribution in [0.25, 0.3) is 16.6 Å². The van der Waals surface area contributed by atoms with Crippen LogP contribution in [0.1, 0.15) is 31.2 Å². The molecule has 3 rings (SSSR count). The number of urea groups is 1. The average molecular weight is 354 g/mol. The van der Waals surface area contributed by atoms with Gasteiger partial charge in [0.1, 0.15) is 5.82 Å². The van der Waals surface area contributed by atoms with Gasteiger partial charge < -0.3 is 21.6 Å². The summed E-state index contributed by atoms with van der Waals surface area (Å²) in [5, 5.41) is 22.6. The number of nitrogens with zero attached hydrogens (tertiary/aromatic N) is 2. The topological polar surface area (TPSA) is 137 Å². The second-order valence-electron chi connectivity index (χ2n) is 6.26. The Morgan fingerprint density at radius 2 is 2.12 bits per heavy atom. The van der Waals surface area contributed by atoms with Crippen molar-refractivity contribution in [2.24, 2.45) is 5.73 Å². The number of carbonyl (C=O) groups is 1. The van der Waals surface area contributed by atoms with Crippen LogP contribution in [0.15, 0.2) is 30.6 Å².